The maximum Gasteiger partial charge on any atom is 0.137 e. The standard InChI is InChI=1S/C14H16BrFN2/c1-2-13(17)10-6-7-18(8-10)9-11-4-3-5-12(16)14(11)15/h3-8,13H,2,9,17H2,1H3. The second-order valence-electron chi connectivity index (χ2n) is 4.34. The van der Waals surface area contributed by atoms with E-state index in [4.69, 9.17) is 5.73 Å². The van der Waals surface area contributed by atoms with Gasteiger partial charge in [-0.15, -0.1) is 0 Å². The Kier molecular flexibility index (Phi) is 4.19. The molecule has 0 saturated heterocycles. The number of hydrogen-bond acceptors (Lipinski definition) is 1. The Balaban J connectivity index is 2.19. The predicted molar refractivity (Wildman–Crippen MR) is 74.9 cm³/mol. The van der Waals surface area contributed by atoms with Crippen LogP contribution in [0.15, 0.2) is 41.1 Å². The van der Waals surface area contributed by atoms with Crippen LogP contribution in [0.4, 0.5) is 4.39 Å². The Labute approximate surface area is 115 Å². The van der Waals surface area contributed by atoms with E-state index in [0.717, 1.165) is 17.5 Å². The molecule has 0 fully saturated rings. The molecule has 1 aromatic heterocycles. The van der Waals surface area contributed by atoms with Crippen molar-refractivity contribution in [2.45, 2.75) is 25.9 Å². The second-order valence-corrected chi connectivity index (χ2v) is 5.14. The average Bonchev–Trinajstić information content (AvgIpc) is 2.82. The summed E-state index contributed by atoms with van der Waals surface area (Å²) in [6, 6.07) is 7.16. The molecule has 1 unspecified atom stereocenters. The molecule has 0 spiro atoms. The Hall–Kier alpha value is -1.13. The zero-order chi connectivity index (χ0) is 13.1. The largest absolute Gasteiger partial charge is 0.350 e. The molecule has 0 bridgehead atoms. The number of halogens is 2. The van der Waals surface area contributed by atoms with Crippen LogP contribution in [0.2, 0.25) is 0 Å². The Morgan fingerprint density at radius 3 is 2.89 bits per heavy atom. The summed E-state index contributed by atoms with van der Waals surface area (Å²) in [7, 11) is 0. The van der Waals surface area contributed by atoms with Crippen molar-refractivity contribution in [3.63, 3.8) is 0 Å². The van der Waals surface area contributed by atoms with Crippen LogP contribution < -0.4 is 5.73 Å². The maximum absolute atomic E-state index is 13.4. The molecule has 1 heterocycles. The topological polar surface area (TPSA) is 30.9 Å². The van der Waals surface area contributed by atoms with Gasteiger partial charge in [0.2, 0.25) is 0 Å². The van der Waals surface area contributed by atoms with E-state index in [9.17, 15) is 4.39 Å². The molecule has 0 aliphatic rings. The van der Waals surface area contributed by atoms with Crippen molar-refractivity contribution in [1.29, 1.82) is 0 Å². The molecule has 0 saturated carbocycles. The van der Waals surface area contributed by atoms with Crippen LogP contribution in [-0.2, 0) is 6.54 Å². The molecule has 0 aliphatic heterocycles. The molecular formula is C14H16BrFN2. The fourth-order valence-electron chi connectivity index (χ4n) is 1.88. The van der Waals surface area contributed by atoms with E-state index in [1.165, 1.54) is 6.07 Å². The van der Waals surface area contributed by atoms with Crippen LogP contribution in [-0.4, -0.2) is 4.57 Å². The first-order valence-corrected chi connectivity index (χ1v) is 6.75. The minimum absolute atomic E-state index is 0.0715. The molecule has 1 aromatic carbocycles. The lowest BCUT2D eigenvalue weighted by Gasteiger charge is -2.08. The third-order valence-corrected chi connectivity index (χ3v) is 3.91. The van der Waals surface area contributed by atoms with Gasteiger partial charge in [-0.2, -0.15) is 0 Å². The summed E-state index contributed by atoms with van der Waals surface area (Å²) in [5.74, 6) is -0.231. The molecule has 18 heavy (non-hydrogen) atoms. The number of aromatic nitrogens is 1. The summed E-state index contributed by atoms with van der Waals surface area (Å²) in [5, 5.41) is 0. The van der Waals surface area contributed by atoms with Gasteiger partial charge in [0.1, 0.15) is 5.82 Å². The van der Waals surface area contributed by atoms with Crippen molar-refractivity contribution in [3.8, 4) is 0 Å². The number of nitrogens with zero attached hydrogens (tertiary/aromatic N) is 1. The van der Waals surface area contributed by atoms with Crippen LogP contribution in [0.25, 0.3) is 0 Å². The summed E-state index contributed by atoms with van der Waals surface area (Å²) >= 11 is 3.27. The van der Waals surface area contributed by atoms with E-state index in [-0.39, 0.29) is 11.9 Å². The Bertz CT molecular complexity index is 536. The summed E-state index contributed by atoms with van der Waals surface area (Å²) in [6.45, 7) is 2.69. The summed E-state index contributed by atoms with van der Waals surface area (Å²) < 4.78 is 15.9. The van der Waals surface area contributed by atoms with E-state index in [0.29, 0.717) is 11.0 Å². The van der Waals surface area contributed by atoms with Crippen LogP contribution in [0.1, 0.15) is 30.5 Å². The van der Waals surface area contributed by atoms with Crippen molar-refractivity contribution >= 4 is 15.9 Å². The SMILES string of the molecule is CCC(N)c1ccn(Cc2cccc(F)c2Br)c1. The van der Waals surface area contributed by atoms with Crippen molar-refractivity contribution in [2.24, 2.45) is 5.73 Å². The van der Waals surface area contributed by atoms with Gasteiger partial charge in [0.05, 0.1) is 4.47 Å². The number of nitrogens with two attached hydrogens (primary N) is 1. The number of rotatable bonds is 4. The van der Waals surface area contributed by atoms with Gasteiger partial charge in [-0.05, 0) is 45.6 Å². The van der Waals surface area contributed by atoms with Gasteiger partial charge in [0.25, 0.3) is 0 Å². The predicted octanol–water partition coefficient (Wildman–Crippen LogP) is 3.85. The number of benzene rings is 1. The Morgan fingerprint density at radius 1 is 1.39 bits per heavy atom. The van der Waals surface area contributed by atoms with Gasteiger partial charge >= 0.3 is 0 Å². The molecule has 0 amide bonds. The first-order chi connectivity index (χ1) is 8.61. The number of hydrogen-bond donors (Lipinski definition) is 1. The Morgan fingerprint density at radius 2 is 2.17 bits per heavy atom. The zero-order valence-electron chi connectivity index (χ0n) is 10.2. The molecule has 96 valence electrons. The van der Waals surface area contributed by atoms with Gasteiger partial charge < -0.3 is 10.3 Å². The van der Waals surface area contributed by atoms with Crippen molar-refractivity contribution in [1.82, 2.24) is 4.57 Å². The van der Waals surface area contributed by atoms with Crippen LogP contribution in [0.3, 0.4) is 0 Å². The van der Waals surface area contributed by atoms with Crippen LogP contribution in [0.5, 0.6) is 0 Å². The monoisotopic (exact) mass is 310 g/mol. The zero-order valence-corrected chi connectivity index (χ0v) is 11.8. The van der Waals surface area contributed by atoms with Gasteiger partial charge in [-0.1, -0.05) is 19.1 Å². The molecule has 2 rings (SSSR count). The molecular weight excluding hydrogens is 295 g/mol. The van der Waals surface area contributed by atoms with E-state index in [1.54, 1.807) is 6.07 Å². The lowest BCUT2D eigenvalue weighted by Crippen LogP contribution is -2.07. The van der Waals surface area contributed by atoms with Crippen molar-refractivity contribution in [3.05, 3.63) is 58.1 Å². The molecule has 2 aromatic rings. The smallest absolute Gasteiger partial charge is 0.137 e. The second kappa shape index (κ2) is 5.67. The molecule has 0 aliphatic carbocycles. The average molecular weight is 311 g/mol. The summed E-state index contributed by atoms with van der Waals surface area (Å²) in [4.78, 5) is 0. The van der Waals surface area contributed by atoms with Gasteiger partial charge in [-0.25, -0.2) is 4.39 Å². The highest BCUT2D eigenvalue weighted by Crippen LogP contribution is 2.22. The highest BCUT2D eigenvalue weighted by atomic mass is 79.9. The molecule has 1 atom stereocenters. The van der Waals surface area contributed by atoms with E-state index in [1.807, 2.05) is 29.1 Å². The molecule has 2 nitrogen and oxygen atoms in total. The third-order valence-electron chi connectivity index (χ3n) is 3.03. The van der Waals surface area contributed by atoms with Crippen LogP contribution >= 0.6 is 15.9 Å². The first kappa shape index (κ1) is 13.3. The fourth-order valence-corrected chi connectivity index (χ4v) is 2.27. The minimum atomic E-state index is -0.231. The summed E-state index contributed by atoms with van der Waals surface area (Å²) in [5.41, 5.74) is 8.01. The molecule has 2 N–H and O–H groups in total. The van der Waals surface area contributed by atoms with E-state index >= 15 is 0 Å². The van der Waals surface area contributed by atoms with Gasteiger partial charge in [0, 0.05) is 25.0 Å². The molecule has 4 heteroatoms. The quantitative estimate of drug-likeness (QED) is 0.913. The highest BCUT2D eigenvalue weighted by Gasteiger charge is 2.08. The van der Waals surface area contributed by atoms with Crippen LogP contribution in [0, 0.1) is 5.82 Å². The van der Waals surface area contributed by atoms with E-state index in [2.05, 4.69) is 22.9 Å². The van der Waals surface area contributed by atoms with Crippen molar-refractivity contribution in [2.75, 3.05) is 0 Å². The van der Waals surface area contributed by atoms with Gasteiger partial charge in [-0.3, -0.25) is 0 Å². The summed E-state index contributed by atoms with van der Waals surface area (Å²) in [6.07, 6.45) is 4.90. The third kappa shape index (κ3) is 2.82. The maximum atomic E-state index is 13.4. The molecule has 0 radical (unpaired) electrons. The minimum Gasteiger partial charge on any atom is -0.350 e. The lowest BCUT2D eigenvalue weighted by molar-refractivity contribution is 0.615. The normalized spacial score (nSPS) is 12.7. The highest BCUT2D eigenvalue weighted by molar-refractivity contribution is 9.10. The lowest BCUT2D eigenvalue weighted by atomic mass is 10.1. The van der Waals surface area contributed by atoms with Crippen molar-refractivity contribution < 1.29 is 4.39 Å². The van der Waals surface area contributed by atoms with E-state index < -0.39 is 0 Å². The van der Waals surface area contributed by atoms with Gasteiger partial charge in [0.15, 0.2) is 0 Å². The first-order valence-electron chi connectivity index (χ1n) is 5.96. The fraction of sp³-hybridized carbons (Fsp3) is 0.286.